The molecule has 2 nitrogen and oxygen atoms in total. The Labute approximate surface area is 117 Å². The van der Waals surface area contributed by atoms with Gasteiger partial charge in [0.15, 0.2) is 0 Å². The van der Waals surface area contributed by atoms with Crippen molar-refractivity contribution in [3.63, 3.8) is 0 Å². The zero-order chi connectivity index (χ0) is 14.1. The molecule has 102 valence electrons. The molecule has 0 atom stereocenters. The van der Waals surface area contributed by atoms with E-state index in [0.29, 0.717) is 6.54 Å². The molecule has 3 aromatic rings. The van der Waals surface area contributed by atoms with Gasteiger partial charge in [0.1, 0.15) is 5.82 Å². The molecule has 0 bridgehead atoms. The van der Waals surface area contributed by atoms with Crippen molar-refractivity contribution < 1.29 is 4.39 Å². The number of fused-ring (bicyclic) bond motifs is 1. The number of hydrogen-bond donors (Lipinski definition) is 1. The molecule has 3 heteroatoms. The van der Waals surface area contributed by atoms with Gasteiger partial charge in [0, 0.05) is 36.6 Å². The Balaban J connectivity index is 2.10. The molecule has 0 aliphatic carbocycles. The molecule has 2 aromatic carbocycles. The summed E-state index contributed by atoms with van der Waals surface area (Å²) in [7, 11) is 2.06. The Hall–Kier alpha value is -2.13. The molecule has 0 fully saturated rings. The van der Waals surface area contributed by atoms with Crippen LogP contribution >= 0.6 is 0 Å². The summed E-state index contributed by atoms with van der Waals surface area (Å²) in [5.41, 5.74) is 10.6. The van der Waals surface area contributed by atoms with Crippen LogP contribution in [0.2, 0.25) is 0 Å². The SMILES string of the molecule is Cn1c(Cc2ccc(F)cc2)c(CN)c2ccccc21. The summed E-state index contributed by atoms with van der Waals surface area (Å²) in [5, 5.41) is 1.20. The highest BCUT2D eigenvalue weighted by atomic mass is 19.1. The largest absolute Gasteiger partial charge is 0.347 e. The van der Waals surface area contributed by atoms with Gasteiger partial charge in [0.25, 0.3) is 0 Å². The summed E-state index contributed by atoms with van der Waals surface area (Å²) in [6.07, 6.45) is 0.762. The van der Waals surface area contributed by atoms with Gasteiger partial charge in [-0.25, -0.2) is 4.39 Å². The lowest BCUT2D eigenvalue weighted by molar-refractivity contribution is 0.627. The van der Waals surface area contributed by atoms with Gasteiger partial charge in [-0.2, -0.15) is 0 Å². The molecule has 0 radical (unpaired) electrons. The molecule has 0 spiro atoms. The van der Waals surface area contributed by atoms with E-state index in [9.17, 15) is 4.39 Å². The van der Waals surface area contributed by atoms with Crippen LogP contribution < -0.4 is 5.73 Å². The third-order valence-electron chi connectivity index (χ3n) is 3.83. The summed E-state index contributed by atoms with van der Waals surface area (Å²) >= 11 is 0. The highest BCUT2D eigenvalue weighted by molar-refractivity contribution is 5.85. The van der Waals surface area contributed by atoms with Crippen LogP contribution in [0.15, 0.2) is 48.5 Å². The van der Waals surface area contributed by atoms with Gasteiger partial charge in [-0.05, 0) is 29.3 Å². The average molecular weight is 268 g/mol. The molecule has 1 aromatic heterocycles. The lowest BCUT2D eigenvalue weighted by Gasteiger charge is -2.07. The van der Waals surface area contributed by atoms with Gasteiger partial charge in [-0.1, -0.05) is 30.3 Å². The molecule has 3 rings (SSSR count). The number of nitrogens with zero attached hydrogens (tertiary/aromatic N) is 1. The molecule has 0 aliphatic rings. The first-order chi connectivity index (χ1) is 9.70. The van der Waals surface area contributed by atoms with E-state index in [0.717, 1.165) is 12.0 Å². The summed E-state index contributed by atoms with van der Waals surface area (Å²) in [6.45, 7) is 0.512. The Morgan fingerprint density at radius 3 is 2.45 bits per heavy atom. The van der Waals surface area contributed by atoms with Crippen LogP contribution in [-0.2, 0) is 20.0 Å². The molecule has 2 N–H and O–H groups in total. The fourth-order valence-electron chi connectivity index (χ4n) is 2.77. The van der Waals surface area contributed by atoms with E-state index in [1.54, 1.807) is 0 Å². The number of hydrogen-bond acceptors (Lipinski definition) is 1. The van der Waals surface area contributed by atoms with Crippen molar-refractivity contribution in [3.05, 3.63) is 71.2 Å². The monoisotopic (exact) mass is 268 g/mol. The van der Waals surface area contributed by atoms with Crippen LogP contribution in [0.3, 0.4) is 0 Å². The van der Waals surface area contributed by atoms with E-state index >= 15 is 0 Å². The minimum atomic E-state index is -0.204. The van der Waals surface area contributed by atoms with Crippen LogP contribution in [0.25, 0.3) is 10.9 Å². The molecule has 0 saturated carbocycles. The second-order valence-corrected chi connectivity index (χ2v) is 5.01. The molecule has 0 unspecified atom stereocenters. The maximum atomic E-state index is 13.0. The zero-order valence-electron chi connectivity index (χ0n) is 11.4. The fourth-order valence-corrected chi connectivity index (χ4v) is 2.77. The quantitative estimate of drug-likeness (QED) is 0.775. The highest BCUT2D eigenvalue weighted by Crippen LogP contribution is 2.26. The molecule has 0 aliphatic heterocycles. The maximum Gasteiger partial charge on any atom is 0.123 e. The van der Waals surface area contributed by atoms with Crippen molar-refractivity contribution in [1.82, 2.24) is 4.57 Å². The van der Waals surface area contributed by atoms with E-state index < -0.39 is 0 Å². The number of halogens is 1. The molecular formula is C17H17FN2. The van der Waals surface area contributed by atoms with Crippen molar-refractivity contribution in [1.29, 1.82) is 0 Å². The Kier molecular flexibility index (Phi) is 3.28. The van der Waals surface area contributed by atoms with Gasteiger partial charge in [0.05, 0.1) is 0 Å². The van der Waals surface area contributed by atoms with Crippen LogP contribution in [0.1, 0.15) is 16.8 Å². The van der Waals surface area contributed by atoms with Crippen LogP contribution in [0, 0.1) is 5.82 Å². The number of benzene rings is 2. The van der Waals surface area contributed by atoms with Crippen molar-refractivity contribution in [2.45, 2.75) is 13.0 Å². The Morgan fingerprint density at radius 2 is 1.75 bits per heavy atom. The number of aromatic nitrogens is 1. The molecule has 20 heavy (non-hydrogen) atoms. The van der Waals surface area contributed by atoms with Crippen LogP contribution in [0.5, 0.6) is 0 Å². The summed E-state index contributed by atoms with van der Waals surface area (Å²) in [6, 6.07) is 14.9. The lowest BCUT2D eigenvalue weighted by atomic mass is 10.0. The lowest BCUT2D eigenvalue weighted by Crippen LogP contribution is -2.04. The summed E-state index contributed by atoms with van der Waals surface area (Å²) in [5.74, 6) is -0.204. The fraction of sp³-hybridized carbons (Fsp3) is 0.176. The summed E-state index contributed by atoms with van der Waals surface area (Å²) < 4.78 is 15.2. The summed E-state index contributed by atoms with van der Waals surface area (Å²) in [4.78, 5) is 0. The first-order valence-corrected chi connectivity index (χ1v) is 6.70. The normalized spacial score (nSPS) is 11.2. The van der Waals surface area contributed by atoms with Crippen LogP contribution in [0.4, 0.5) is 4.39 Å². The van der Waals surface area contributed by atoms with Gasteiger partial charge < -0.3 is 10.3 Å². The minimum Gasteiger partial charge on any atom is -0.347 e. The number of rotatable bonds is 3. The van der Waals surface area contributed by atoms with E-state index in [4.69, 9.17) is 5.73 Å². The first kappa shape index (κ1) is 12.9. The second kappa shape index (κ2) is 5.10. The van der Waals surface area contributed by atoms with E-state index in [2.05, 4.69) is 23.7 Å². The Morgan fingerprint density at radius 1 is 1.05 bits per heavy atom. The van der Waals surface area contributed by atoms with Crippen LogP contribution in [-0.4, -0.2) is 4.57 Å². The number of para-hydroxylation sites is 1. The van der Waals surface area contributed by atoms with E-state index in [1.165, 1.54) is 34.3 Å². The smallest absolute Gasteiger partial charge is 0.123 e. The number of aryl methyl sites for hydroxylation is 1. The molecule has 0 amide bonds. The number of nitrogens with two attached hydrogens (primary N) is 1. The van der Waals surface area contributed by atoms with Gasteiger partial charge in [0.2, 0.25) is 0 Å². The van der Waals surface area contributed by atoms with Crippen molar-refractivity contribution in [2.24, 2.45) is 12.8 Å². The highest BCUT2D eigenvalue weighted by Gasteiger charge is 2.13. The Bertz CT molecular complexity index is 742. The third-order valence-corrected chi connectivity index (χ3v) is 3.83. The first-order valence-electron chi connectivity index (χ1n) is 6.70. The van der Waals surface area contributed by atoms with Gasteiger partial charge in [-0.15, -0.1) is 0 Å². The molecule has 0 saturated heterocycles. The second-order valence-electron chi connectivity index (χ2n) is 5.01. The van der Waals surface area contributed by atoms with Crippen molar-refractivity contribution >= 4 is 10.9 Å². The molecule has 1 heterocycles. The minimum absolute atomic E-state index is 0.204. The van der Waals surface area contributed by atoms with E-state index in [1.807, 2.05) is 24.3 Å². The maximum absolute atomic E-state index is 13.0. The van der Waals surface area contributed by atoms with Gasteiger partial charge in [-0.3, -0.25) is 0 Å². The van der Waals surface area contributed by atoms with E-state index in [-0.39, 0.29) is 5.82 Å². The molecular weight excluding hydrogens is 251 g/mol. The predicted molar refractivity (Wildman–Crippen MR) is 80.0 cm³/mol. The topological polar surface area (TPSA) is 30.9 Å². The van der Waals surface area contributed by atoms with Gasteiger partial charge >= 0.3 is 0 Å². The zero-order valence-corrected chi connectivity index (χ0v) is 11.4. The average Bonchev–Trinajstić information content (AvgIpc) is 2.74. The third kappa shape index (κ3) is 2.10. The van der Waals surface area contributed by atoms with Crippen molar-refractivity contribution in [3.8, 4) is 0 Å². The van der Waals surface area contributed by atoms with Crippen molar-refractivity contribution in [2.75, 3.05) is 0 Å². The predicted octanol–water partition coefficient (Wildman–Crippen LogP) is 3.37. The standard InChI is InChI=1S/C17H17FN2/c1-20-16-5-3-2-4-14(16)15(11-19)17(20)10-12-6-8-13(18)9-7-12/h2-9H,10-11,19H2,1H3.